The largest absolute Gasteiger partial charge is 0.352 e. The van der Waals surface area contributed by atoms with E-state index >= 15 is 0 Å². The van der Waals surface area contributed by atoms with Crippen LogP contribution in [0, 0.1) is 13.8 Å². The minimum absolute atomic E-state index is 0.00819. The Kier molecular flexibility index (Phi) is 4.05. The number of aryl methyl sites for hydroxylation is 2. The Morgan fingerprint density at radius 1 is 1.42 bits per heavy atom. The zero-order chi connectivity index (χ0) is 14.0. The van der Waals surface area contributed by atoms with Gasteiger partial charge in [-0.05, 0) is 33.7 Å². The number of rotatable bonds is 4. The van der Waals surface area contributed by atoms with E-state index in [4.69, 9.17) is 0 Å². The fourth-order valence-corrected chi connectivity index (χ4v) is 3.51. The first-order valence-corrected chi connectivity index (χ1v) is 8.06. The highest BCUT2D eigenvalue weighted by molar-refractivity contribution is 7.89. The van der Waals surface area contributed by atoms with E-state index in [1.807, 2.05) is 19.9 Å². The summed E-state index contributed by atoms with van der Waals surface area (Å²) in [5.74, 6) is 1.67. The second-order valence-corrected chi connectivity index (χ2v) is 6.86. The summed E-state index contributed by atoms with van der Waals surface area (Å²) in [6.45, 7) is 4.62. The lowest BCUT2D eigenvalue weighted by Crippen LogP contribution is -2.39. The molecule has 1 atom stereocenters. The van der Waals surface area contributed by atoms with Crippen LogP contribution >= 0.6 is 0 Å². The summed E-state index contributed by atoms with van der Waals surface area (Å²) in [4.78, 5) is 10.8. The molecular formula is C12H20N4O2S. The van der Waals surface area contributed by atoms with E-state index in [9.17, 15) is 8.42 Å². The topological polar surface area (TPSA) is 75.2 Å². The maximum Gasteiger partial charge on any atom is 0.213 e. The van der Waals surface area contributed by atoms with Crippen LogP contribution in [0.5, 0.6) is 0 Å². The summed E-state index contributed by atoms with van der Waals surface area (Å²) in [6, 6.07) is 1.91. The first-order chi connectivity index (χ1) is 8.91. The molecule has 0 unspecified atom stereocenters. The van der Waals surface area contributed by atoms with Crippen LogP contribution in [0.15, 0.2) is 6.07 Å². The highest BCUT2D eigenvalue weighted by atomic mass is 32.2. The molecular weight excluding hydrogens is 264 g/mol. The van der Waals surface area contributed by atoms with Crippen molar-refractivity contribution < 1.29 is 8.42 Å². The summed E-state index contributed by atoms with van der Waals surface area (Å²) in [5.41, 5.74) is 0.907. The number of anilines is 1. The monoisotopic (exact) mass is 284 g/mol. The summed E-state index contributed by atoms with van der Waals surface area (Å²) in [6.07, 6.45) is 1.87. The maximum atomic E-state index is 11.7. The van der Waals surface area contributed by atoms with Crippen molar-refractivity contribution in [3.63, 3.8) is 0 Å². The molecule has 7 heteroatoms. The van der Waals surface area contributed by atoms with E-state index in [2.05, 4.69) is 19.6 Å². The fraction of sp³-hybridized carbons (Fsp3) is 0.667. The summed E-state index contributed by atoms with van der Waals surface area (Å²) in [5, 5.41) is 0. The molecule has 2 heterocycles. The first-order valence-electron chi connectivity index (χ1n) is 6.41. The minimum Gasteiger partial charge on any atom is -0.352 e. The van der Waals surface area contributed by atoms with Crippen molar-refractivity contribution in [2.75, 3.05) is 24.2 Å². The predicted octanol–water partition coefficient (Wildman–Crippen LogP) is 0.611. The van der Waals surface area contributed by atoms with Crippen molar-refractivity contribution in [2.24, 2.45) is 0 Å². The van der Waals surface area contributed by atoms with Crippen LogP contribution in [0.3, 0.4) is 0 Å². The molecule has 1 N–H and O–H groups in total. The fourth-order valence-electron chi connectivity index (χ4n) is 2.49. The second kappa shape index (κ2) is 5.42. The summed E-state index contributed by atoms with van der Waals surface area (Å²) >= 11 is 0. The quantitative estimate of drug-likeness (QED) is 0.877. The van der Waals surface area contributed by atoms with Gasteiger partial charge in [-0.3, -0.25) is 0 Å². The molecule has 1 saturated heterocycles. The van der Waals surface area contributed by atoms with Crippen LogP contribution in [0.25, 0.3) is 0 Å². The molecule has 6 nitrogen and oxygen atoms in total. The van der Waals surface area contributed by atoms with Crippen molar-refractivity contribution in [1.82, 2.24) is 14.7 Å². The lowest BCUT2D eigenvalue weighted by Gasteiger charge is -2.25. The van der Waals surface area contributed by atoms with Crippen LogP contribution < -0.4 is 9.62 Å². The molecule has 0 amide bonds. The third kappa shape index (κ3) is 3.42. The van der Waals surface area contributed by atoms with Gasteiger partial charge in [-0.15, -0.1) is 0 Å². The van der Waals surface area contributed by atoms with Crippen LogP contribution in [0.4, 0.5) is 5.82 Å². The Labute approximate surface area is 114 Å². The highest BCUT2D eigenvalue weighted by Gasteiger charge is 2.29. The predicted molar refractivity (Wildman–Crippen MR) is 74.7 cm³/mol. The van der Waals surface area contributed by atoms with Crippen molar-refractivity contribution in [2.45, 2.75) is 32.7 Å². The number of aromatic nitrogens is 2. The normalized spacial score (nSPS) is 19.9. The Balaban J connectivity index is 2.23. The van der Waals surface area contributed by atoms with Crippen LogP contribution in [-0.2, 0) is 10.0 Å². The van der Waals surface area contributed by atoms with Crippen molar-refractivity contribution in [3.8, 4) is 0 Å². The first kappa shape index (κ1) is 14.2. The van der Waals surface area contributed by atoms with Gasteiger partial charge in [-0.25, -0.2) is 23.1 Å². The van der Waals surface area contributed by atoms with Gasteiger partial charge in [-0.1, -0.05) is 0 Å². The molecule has 1 aliphatic heterocycles. The average Bonchev–Trinajstić information content (AvgIpc) is 2.75. The Morgan fingerprint density at radius 3 is 2.79 bits per heavy atom. The third-order valence-corrected chi connectivity index (χ3v) is 4.79. The molecule has 1 fully saturated rings. The van der Waals surface area contributed by atoms with Gasteiger partial charge in [0.1, 0.15) is 11.6 Å². The molecule has 0 saturated carbocycles. The smallest absolute Gasteiger partial charge is 0.213 e. The van der Waals surface area contributed by atoms with Gasteiger partial charge in [0, 0.05) is 24.3 Å². The molecule has 0 aromatic carbocycles. The molecule has 1 aliphatic rings. The van der Waals surface area contributed by atoms with Gasteiger partial charge in [0.15, 0.2) is 0 Å². The molecule has 0 radical (unpaired) electrons. The van der Waals surface area contributed by atoms with Gasteiger partial charge in [0.25, 0.3) is 0 Å². The molecule has 19 heavy (non-hydrogen) atoms. The van der Waals surface area contributed by atoms with E-state index < -0.39 is 10.0 Å². The van der Waals surface area contributed by atoms with Crippen molar-refractivity contribution >= 4 is 15.8 Å². The summed E-state index contributed by atoms with van der Waals surface area (Å²) < 4.78 is 25.8. The molecule has 1 aromatic rings. The molecule has 106 valence electrons. The van der Waals surface area contributed by atoms with Crippen molar-refractivity contribution in [1.29, 1.82) is 0 Å². The van der Waals surface area contributed by atoms with E-state index in [1.54, 1.807) is 0 Å². The molecule has 0 spiro atoms. The van der Waals surface area contributed by atoms with Gasteiger partial charge < -0.3 is 4.90 Å². The lowest BCUT2D eigenvalue weighted by molar-refractivity contribution is 0.577. The lowest BCUT2D eigenvalue weighted by atomic mass is 10.2. The van der Waals surface area contributed by atoms with Gasteiger partial charge in [-0.2, -0.15) is 0 Å². The standard InChI is InChI=1S/C12H20N4O2S/c1-9-7-12(15-10(2)14-9)16-6-4-5-11(16)8-19(17,18)13-3/h7,11,13H,4-6,8H2,1-3H3/t11-/m0/s1. The molecule has 2 rings (SSSR count). The SMILES string of the molecule is CNS(=O)(=O)C[C@@H]1CCCN1c1cc(C)nc(C)n1. The van der Waals surface area contributed by atoms with E-state index in [-0.39, 0.29) is 11.8 Å². The van der Waals surface area contributed by atoms with Gasteiger partial charge in [0.2, 0.25) is 10.0 Å². The van der Waals surface area contributed by atoms with Crippen molar-refractivity contribution in [3.05, 3.63) is 17.6 Å². The van der Waals surface area contributed by atoms with Crippen LogP contribution in [0.1, 0.15) is 24.4 Å². The Bertz CT molecular complexity index is 539. The zero-order valence-corrected chi connectivity index (χ0v) is 12.4. The van der Waals surface area contributed by atoms with Gasteiger partial charge >= 0.3 is 0 Å². The van der Waals surface area contributed by atoms with E-state index in [0.717, 1.165) is 36.7 Å². The zero-order valence-electron chi connectivity index (χ0n) is 11.5. The minimum atomic E-state index is -3.20. The summed E-state index contributed by atoms with van der Waals surface area (Å²) in [7, 11) is -1.75. The van der Waals surface area contributed by atoms with E-state index in [0.29, 0.717) is 0 Å². The number of sulfonamides is 1. The van der Waals surface area contributed by atoms with Crippen LogP contribution in [-0.4, -0.2) is 43.8 Å². The third-order valence-electron chi connectivity index (χ3n) is 3.35. The second-order valence-electron chi connectivity index (χ2n) is 4.89. The molecule has 0 aliphatic carbocycles. The number of hydrogen-bond acceptors (Lipinski definition) is 5. The van der Waals surface area contributed by atoms with Gasteiger partial charge in [0.05, 0.1) is 5.75 Å². The Hall–Kier alpha value is -1.21. The average molecular weight is 284 g/mol. The number of nitrogens with zero attached hydrogens (tertiary/aromatic N) is 3. The Morgan fingerprint density at radius 2 is 2.16 bits per heavy atom. The number of nitrogens with one attached hydrogen (secondary N) is 1. The highest BCUT2D eigenvalue weighted by Crippen LogP contribution is 2.25. The molecule has 1 aromatic heterocycles. The maximum absolute atomic E-state index is 11.7. The molecule has 0 bridgehead atoms. The number of hydrogen-bond donors (Lipinski definition) is 1. The van der Waals surface area contributed by atoms with E-state index in [1.165, 1.54) is 7.05 Å². The van der Waals surface area contributed by atoms with Crippen LogP contribution in [0.2, 0.25) is 0 Å².